The maximum Gasteiger partial charge on any atom is 0.287 e. The van der Waals surface area contributed by atoms with Crippen LogP contribution in [-0.4, -0.2) is 36.2 Å². The van der Waals surface area contributed by atoms with Crippen molar-refractivity contribution in [3.63, 3.8) is 0 Å². The van der Waals surface area contributed by atoms with Crippen LogP contribution in [0.1, 0.15) is 6.42 Å². The van der Waals surface area contributed by atoms with E-state index < -0.39 is 15.4 Å². The number of anilines is 1. The first-order chi connectivity index (χ1) is 9.43. The predicted octanol–water partition coefficient (Wildman–Crippen LogP) is 0.929. The SMILES string of the molecule is C=CCn1ncc(NCC2CCS(=O)(=O)C2)c(Cl)c1=O. The van der Waals surface area contributed by atoms with Crippen molar-refractivity contribution in [3.8, 4) is 0 Å². The number of nitrogens with zero attached hydrogens (tertiary/aromatic N) is 2. The Balaban J connectivity index is 2.06. The first-order valence-electron chi connectivity index (χ1n) is 6.24. The van der Waals surface area contributed by atoms with Crippen molar-refractivity contribution in [1.82, 2.24) is 9.78 Å². The molecule has 0 aromatic carbocycles. The Bertz CT molecular complexity index is 669. The molecule has 1 atom stereocenters. The van der Waals surface area contributed by atoms with Crippen LogP contribution in [0.5, 0.6) is 0 Å². The molecular formula is C12H16ClN3O3S. The minimum Gasteiger partial charge on any atom is -0.382 e. The summed E-state index contributed by atoms with van der Waals surface area (Å²) in [6, 6.07) is 0. The zero-order chi connectivity index (χ0) is 14.8. The van der Waals surface area contributed by atoms with Gasteiger partial charge in [-0.2, -0.15) is 5.10 Å². The number of nitrogens with one attached hydrogen (secondary N) is 1. The van der Waals surface area contributed by atoms with Crippen LogP contribution in [0.15, 0.2) is 23.6 Å². The van der Waals surface area contributed by atoms with Crippen molar-refractivity contribution in [3.05, 3.63) is 34.2 Å². The molecule has 20 heavy (non-hydrogen) atoms. The second-order valence-corrected chi connectivity index (χ2v) is 7.40. The van der Waals surface area contributed by atoms with Crippen LogP contribution in [0.4, 0.5) is 5.69 Å². The molecule has 1 unspecified atom stereocenters. The summed E-state index contributed by atoms with van der Waals surface area (Å²) in [6.07, 6.45) is 3.66. The highest BCUT2D eigenvalue weighted by molar-refractivity contribution is 7.91. The van der Waals surface area contributed by atoms with Gasteiger partial charge >= 0.3 is 0 Å². The zero-order valence-corrected chi connectivity index (χ0v) is 12.5. The van der Waals surface area contributed by atoms with E-state index in [0.717, 1.165) is 0 Å². The molecule has 0 spiro atoms. The Morgan fingerprint density at radius 1 is 1.60 bits per heavy atom. The van der Waals surface area contributed by atoms with Gasteiger partial charge < -0.3 is 5.32 Å². The van der Waals surface area contributed by atoms with Gasteiger partial charge in [-0.25, -0.2) is 13.1 Å². The van der Waals surface area contributed by atoms with Crippen LogP contribution in [0.25, 0.3) is 0 Å². The van der Waals surface area contributed by atoms with Crippen LogP contribution in [0, 0.1) is 5.92 Å². The molecule has 1 aromatic heterocycles. The van der Waals surface area contributed by atoms with E-state index in [-0.39, 0.29) is 22.4 Å². The molecule has 0 radical (unpaired) electrons. The molecule has 0 bridgehead atoms. The standard InChI is InChI=1S/C12H16ClN3O3S/c1-2-4-16-12(17)11(13)10(7-15-16)14-6-9-3-5-20(18,19)8-9/h2,7,9,14H,1,3-6,8H2. The summed E-state index contributed by atoms with van der Waals surface area (Å²) in [7, 11) is -2.90. The van der Waals surface area contributed by atoms with Gasteiger partial charge in [-0.05, 0) is 12.3 Å². The van der Waals surface area contributed by atoms with E-state index in [1.165, 1.54) is 10.9 Å². The fraction of sp³-hybridized carbons (Fsp3) is 0.500. The highest BCUT2D eigenvalue weighted by atomic mass is 35.5. The van der Waals surface area contributed by atoms with Crippen molar-refractivity contribution in [1.29, 1.82) is 0 Å². The third-order valence-corrected chi connectivity index (χ3v) is 5.40. The Hall–Kier alpha value is -1.34. The number of sulfone groups is 1. The lowest BCUT2D eigenvalue weighted by Crippen LogP contribution is -2.24. The summed E-state index contributed by atoms with van der Waals surface area (Å²) in [5.74, 6) is 0.455. The largest absolute Gasteiger partial charge is 0.382 e. The van der Waals surface area contributed by atoms with E-state index in [0.29, 0.717) is 25.2 Å². The molecule has 0 saturated carbocycles. The number of allylic oxidation sites excluding steroid dienone is 1. The van der Waals surface area contributed by atoms with Crippen molar-refractivity contribution < 1.29 is 8.42 Å². The van der Waals surface area contributed by atoms with Gasteiger partial charge in [0.2, 0.25) is 0 Å². The van der Waals surface area contributed by atoms with Crippen molar-refractivity contribution in [2.45, 2.75) is 13.0 Å². The Labute approximate surface area is 122 Å². The van der Waals surface area contributed by atoms with Crippen LogP contribution < -0.4 is 10.9 Å². The fourth-order valence-electron chi connectivity index (χ4n) is 2.13. The lowest BCUT2D eigenvalue weighted by atomic mass is 10.1. The quantitative estimate of drug-likeness (QED) is 0.817. The summed E-state index contributed by atoms with van der Waals surface area (Å²) in [5.41, 5.74) is 0.0388. The third-order valence-electron chi connectivity index (χ3n) is 3.19. The lowest BCUT2D eigenvalue weighted by Gasteiger charge is -2.12. The molecule has 110 valence electrons. The summed E-state index contributed by atoms with van der Waals surface area (Å²) >= 11 is 5.99. The molecule has 8 heteroatoms. The highest BCUT2D eigenvalue weighted by Crippen LogP contribution is 2.21. The summed E-state index contributed by atoms with van der Waals surface area (Å²) in [4.78, 5) is 11.9. The van der Waals surface area contributed by atoms with E-state index in [4.69, 9.17) is 11.6 Å². The first kappa shape index (κ1) is 15.1. The molecule has 1 saturated heterocycles. The monoisotopic (exact) mass is 317 g/mol. The normalized spacial score (nSPS) is 20.8. The van der Waals surface area contributed by atoms with Crippen molar-refractivity contribution in [2.24, 2.45) is 5.92 Å². The van der Waals surface area contributed by atoms with Crippen LogP contribution in [-0.2, 0) is 16.4 Å². The van der Waals surface area contributed by atoms with Gasteiger partial charge in [0.15, 0.2) is 9.84 Å². The molecule has 1 aliphatic rings. The molecule has 1 aliphatic heterocycles. The second-order valence-electron chi connectivity index (χ2n) is 4.80. The topological polar surface area (TPSA) is 81.1 Å². The van der Waals surface area contributed by atoms with E-state index in [9.17, 15) is 13.2 Å². The molecular weight excluding hydrogens is 302 g/mol. The van der Waals surface area contributed by atoms with Gasteiger partial charge in [-0.15, -0.1) is 6.58 Å². The minimum atomic E-state index is -2.90. The Morgan fingerprint density at radius 3 is 2.95 bits per heavy atom. The number of aromatic nitrogens is 2. The molecule has 2 rings (SSSR count). The maximum absolute atomic E-state index is 11.9. The lowest BCUT2D eigenvalue weighted by molar-refractivity contribution is 0.595. The minimum absolute atomic E-state index is 0.0478. The van der Waals surface area contributed by atoms with E-state index >= 15 is 0 Å². The van der Waals surface area contributed by atoms with E-state index in [1.807, 2.05) is 0 Å². The average Bonchev–Trinajstić information content (AvgIpc) is 2.74. The number of rotatable bonds is 5. The number of halogens is 1. The van der Waals surface area contributed by atoms with Crippen molar-refractivity contribution in [2.75, 3.05) is 23.4 Å². The second kappa shape index (κ2) is 5.97. The van der Waals surface area contributed by atoms with Crippen LogP contribution >= 0.6 is 11.6 Å². The average molecular weight is 318 g/mol. The van der Waals surface area contributed by atoms with Crippen molar-refractivity contribution >= 4 is 27.1 Å². The number of hydrogen-bond donors (Lipinski definition) is 1. The molecule has 0 amide bonds. The third kappa shape index (κ3) is 3.40. The molecule has 2 heterocycles. The zero-order valence-electron chi connectivity index (χ0n) is 10.9. The molecule has 1 aromatic rings. The Kier molecular flexibility index (Phi) is 4.49. The Morgan fingerprint density at radius 2 is 2.35 bits per heavy atom. The van der Waals surface area contributed by atoms with Gasteiger partial charge in [0.25, 0.3) is 5.56 Å². The fourth-order valence-corrected chi connectivity index (χ4v) is 4.20. The van der Waals surface area contributed by atoms with Crippen LogP contribution in [0.3, 0.4) is 0 Å². The van der Waals surface area contributed by atoms with Gasteiger partial charge in [0.1, 0.15) is 5.02 Å². The molecule has 0 aliphatic carbocycles. The van der Waals surface area contributed by atoms with E-state index in [2.05, 4.69) is 17.0 Å². The molecule has 1 N–H and O–H groups in total. The van der Waals surface area contributed by atoms with Crippen LogP contribution in [0.2, 0.25) is 5.02 Å². The first-order valence-corrected chi connectivity index (χ1v) is 8.43. The summed E-state index contributed by atoms with van der Waals surface area (Å²) in [6.45, 7) is 4.29. The number of hydrogen-bond acceptors (Lipinski definition) is 5. The summed E-state index contributed by atoms with van der Waals surface area (Å²) < 4.78 is 23.9. The highest BCUT2D eigenvalue weighted by Gasteiger charge is 2.27. The van der Waals surface area contributed by atoms with Gasteiger partial charge in [-0.3, -0.25) is 4.79 Å². The van der Waals surface area contributed by atoms with Gasteiger partial charge in [0, 0.05) is 6.54 Å². The maximum atomic E-state index is 11.9. The summed E-state index contributed by atoms with van der Waals surface area (Å²) in [5, 5.41) is 7.03. The molecule has 6 nitrogen and oxygen atoms in total. The smallest absolute Gasteiger partial charge is 0.287 e. The van der Waals surface area contributed by atoms with E-state index in [1.54, 1.807) is 6.08 Å². The van der Waals surface area contributed by atoms with Gasteiger partial charge in [-0.1, -0.05) is 17.7 Å². The molecule has 1 fully saturated rings. The predicted molar refractivity (Wildman–Crippen MR) is 79.0 cm³/mol. The van der Waals surface area contributed by atoms with Gasteiger partial charge in [0.05, 0.1) is 29.9 Å².